The fourth-order valence-electron chi connectivity index (χ4n) is 4.18. The number of esters is 1. The summed E-state index contributed by atoms with van der Waals surface area (Å²) in [5.74, 6) is -1.70. The molecule has 4 rings (SSSR count). The van der Waals surface area contributed by atoms with Crippen molar-refractivity contribution >= 4 is 46.2 Å². The van der Waals surface area contributed by atoms with Gasteiger partial charge in [0.15, 0.2) is 0 Å². The van der Waals surface area contributed by atoms with E-state index in [4.69, 9.17) is 16.3 Å². The number of halogens is 1. The first-order chi connectivity index (χ1) is 15.9. The molecule has 1 aliphatic heterocycles. The van der Waals surface area contributed by atoms with Crippen molar-refractivity contribution in [3.05, 3.63) is 35.0 Å². The summed E-state index contributed by atoms with van der Waals surface area (Å²) in [6, 6.07) is 5.24. The minimum atomic E-state index is -0.971. The van der Waals surface area contributed by atoms with Gasteiger partial charge in [-0.2, -0.15) is 0 Å². The fraction of sp³-hybridized carbons (Fsp3) is 0.478. The van der Waals surface area contributed by atoms with E-state index in [0.29, 0.717) is 41.5 Å². The smallest absolute Gasteiger partial charge is 0.328 e. The lowest BCUT2D eigenvalue weighted by atomic mass is 9.97. The molecule has 0 spiro atoms. The Kier molecular flexibility index (Phi) is 6.88. The molecule has 3 amide bonds. The highest BCUT2D eigenvalue weighted by Crippen LogP contribution is 2.34. The highest BCUT2D eigenvalue weighted by molar-refractivity contribution is 6.35. The molecule has 3 atom stereocenters. The molecular formula is C23H27ClN4O5. The average molecular weight is 475 g/mol. The molecule has 9 nitrogen and oxygen atoms in total. The van der Waals surface area contributed by atoms with Crippen LogP contribution in [0.3, 0.4) is 0 Å². The first kappa shape index (κ1) is 23.1. The SMILES string of the molecule is COC(=O)[C@H](C[C@@H]1CCNC1=O)NC(=O)[C@H](CC1CC1)NC(=O)c1cc2cccc(Cl)c2[nH]1. The Bertz CT molecular complexity index is 1080. The number of rotatable bonds is 9. The maximum atomic E-state index is 13.1. The number of benzene rings is 1. The van der Waals surface area contributed by atoms with E-state index >= 15 is 0 Å². The molecule has 1 aromatic heterocycles. The number of carbonyl (C=O) groups excluding carboxylic acids is 4. The Balaban J connectivity index is 1.47. The van der Waals surface area contributed by atoms with E-state index in [-0.39, 0.29) is 18.2 Å². The Labute approximate surface area is 195 Å². The number of nitrogens with one attached hydrogen (secondary N) is 4. The third-order valence-corrected chi connectivity index (χ3v) is 6.54. The van der Waals surface area contributed by atoms with Crippen LogP contribution in [0, 0.1) is 11.8 Å². The summed E-state index contributed by atoms with van der Waals surface area (Å²) in [7, 11) is 1.24. The van der Waals surface area contributed by atoms with Gasteiger partial charge in [0.05, 0.1) is 17.6 Å². The van der Waals surface area contributed by atoms with Crippen LogP contribution in [0.4, 0.5) is 0 Å². The molecule has 2 fully saturated rings. The van der Waals surface area contributed by atoms with Crippen LogP contribution in [0.2, 0.25) is 5.02 Å². The maximum absolute atomic E-state index is 13.1. The number of hydrogen-bond acceptors (Lipinski definition) is 5. The number of hydrogen-bond donors (Lipinski definition) is 4. The van der Waals surface area contributed by atoms with Gasteiger partial charge in [0.2, 0.25) is 11.8 Å². The highest BCUT2D eigenvalue weighted by atomic mass is 35.5. The van der Waals surface area contributed by atoms with E-state index in [1.807, 2.05) is 6.07 Å². The van der Waals surface area contributed by atoms with E-state index in [0.717, 1.165) is 18.2 Å². The van der Waals surface area contributed by atoms with Gasteiger partial charge in [-0.05, 0) is 37.3 Å². The summed E-state index contributed by atoms with van der Waals surface area (Å²) in [6.45, 7) is 0.542. The molecule has 0 bridgehead atoms. The first-order valence-corrected chi connectivity index (χ1v) is 11.5. The Morgan fingerprint density at radius 3 is 2.58 bits per heavy atom. The van der Waals surface area contributed by atoms with Crippen LogP contribution in [0.1, 0.15) is 42.6 Å². The standard InChI is InChI=1S/C23H27ClN4O5/c1-33-23(32)18(11-14-7-8-25-20(14)29)28-21(30)16(9-12-5-6-12)27-22(31)17-10-13-3-2-4-15(24)19(13)26-17/h2-4,10,12,14,16,18,26H,5-9,11H2,1H3,(H,25,29)(H,27,31)(H,28,30)/t14-,16-,18-/m0/s1. The molecular weight excluding hydrogens is 448 g/mol. The molecule has 2 aliphatic rings. The predicted octanol–water partition coefficient (Wildman–Crippen LogP) is 1.90. The zero-order valence-corrected chi connectivity index (χ0v) is 19.0. The van der Waals surface area contributed by atoms with Gasteiger partial charge in [0, 0.05) is 17.8 Å². The summed E-state index contributed by atoms with van der Waals surface area (Å²) in [4.78, 5) is 53.3. The van der Waals surface area contributed by atoms with Gasteiger partial charge in [-0.25, -0.2) is 4.79 Å². The van der Waals surface area contributed by atoms with E-state index < -0.39 is 29.9 Å². The molecule has 1 saturated heterocycles. The summed E-state index contributed by atoms with van der Waals surface area (Å²) in [6.07, 6.45) is 3.19. The minimum absolute atomic E-state index is 0.140. The van der Waals surface area contributed by atoms with Crippen molar-refractivity contribution < 1.29 is 23.9 Å². The van der Waals surface area contributed by atoms with E-state index in [9.17, 15) is 19.2 Å². The zero-order valence-electron chi connectivity index (χ0n) is 18.3. The van der Waals surface area contributed by atoms with Crippen molar-refractivity contribution in [1.29, 1.82) is 0 Å². The van der Waals surface area contributed by atoms with Crippen LogP contribution >= 0.6 is 11.6 Å². The normalized spacial score (nSPS) is 19.6. The molecule has 2 aromatic rings. The number of methoxy groups -OCH3 is 1. The largest absolute Gasteiger partial charge is 0.467 e. The highest BCUT2D eigenvalue weighted by Gasteiger charge is 2.35. The maximum Gasteiger partial charge on any atom is 0.328 e. The van der Waals surface area contributed by atoms with Crippen LogP contribution in [-0.2, 0) is 19.1 Å². The molecule has 2 heterocycles. The van der Waals surface area contributed by atoms with Crippen LogP contribution in [0.5, 0.6) is 0 Å². The van der Waals surface area contributed by atoms with Gasteiger partial charge in [0.25, 0.3) is 5.91 Å². The zero-order chi connectivity index (χ0) is 23.5. The molecule has 0 radical (unpaired) electrons. The second-order valence-corrected chi connectivity index (χ2v) is 9.10. The molecule has 33 heavy (non-hydrogen) atoms. The number of ether oxygens (including phenoxy) is 1. The molecule has 4 N–H and O–H groups in total. The third kappa shape index (κ3) is 5.47. The second kappa shape index (κ2) is 9.82. The summed E-state index contributed by atoms with van der Waals surface area (Å²) < 4.78 is 4.84. The fourth-order valence-corrected chi connectivity index (χ4v) is 4.41. The number of para-hydroxylation sites is 1. The number of H-pyrrole nitrogens is 1. The van der Waals surface area contributed by atoms with E-state index in [1.54, 1.807) is 18.2 Å². The van der Waals surface area contributed by atoms with Crippen LogP contribution in [0.15, 0.2) is 24.3 Å². The molecule has 0 unspecified atom stereocenters. The van der Waals surface area contributed by atoms with Crippen molar-refractivity contribution in [2.75, 3.05) is 13.7 Å². The summed E-state index contributed by atoms with van der Waals surface area (Å²) >= 11 is 6.19. The summed E-state index contributed by atoms with van der Waals surface area (Å²) in [5, 5.41) is 9.51. The van der Waals surface area contributed by atoms with Gasteiger partial charge < -0.3 is 25.7 Å². The lowest BCUT2D eigenvalue weighted by molar-refractivity contribution is -0.146. The average Bonchev–Trinajstić information content (AvgIpc) is 3.35. The van der Waals surface area contributed by atoms with Crippen LogP contribution in [-0.4, -0.2) is 54.4 Å². The van der Waals surface area contributed by atoms with Crippen molar-refractivity contribution in [3.8, 4) is 0 Å². The van der Waals surface area contributed by atoms with Crippen molar-refractivity contribution in [1.82, 2.24) is 20.9 Å². The lowest BCUT2D eigenvalue weighted by Gasteiger charge is -2.23. The van der Waals surface area contributed by atoms with Crippen molar-refractivity contribution in [2.45, 2.75) is 44.2 Å². The number of aromatic nitrogens is 1. The monoisotopic (exact) mass is 474 g/mol. The van der Waals surface area contributed by atoms with Gasteiger partial charge >= 0.3 is 5.97 Å². The summed E-state index contributed by atoms with van der Waals surface area (Å²) in [5.41, 5.74) is 0.937. The molecule has 1 saturated carbocycles. The first-order valence-electron chi connectivity index (χ1n) is 11.1. The number of amides is 3. The molecule has 176 valence electrons. The lowest BCUT2D eigenvalue weighted by Crippen LogP contribution is -2.52. The van der Waals surface area contributed by atoms with Gasteiger partial charge in [0.1, 0.15) is 17.8 Å². The van der Waals surface area contributed by atoms with Crippen molar-refractivity contribution in [3.63, 3.8) is 0 Å². The number of fused-ring (bicyclic) bond motifs is 1. The topological polar surface area (TPSA) is 129 Å². The quantitative estimate of drug-likeness (QED) is 0.412. The molecule has 1 aromatic carbocycles. The second-order valence-electron chi connectivity index (χ2n) is 8.69. The van der Waals surface area contributed by atoms with Gasteiger partial charge in [-0.3, -0.25) is 14.4 Å². The predicted molar refractivity (Wildman–Crippen MR) is 122 cm³/mol. The Morgan fingerprint density at radius 2 is 1.94 bits per heavy atom. The number of carbonyl (C=O) groups is 4. The van der Waals surface area contributed by atoms with Crippen LogP contribution in [0.25, 0.3) is 10.9 Å². The number of aromatic amines is 1. The third-order valence-electron chi connectivity index (χ3n) is 6.22. The van der Waals surface area contributed by atoms with E-state index in [1.165, 1.54) is 7.11 Å². The van der Waals surface area contributed by atoms with Gasteiger partial charge in [-0.15, -0.1) is 0 Å². The van der Waals surface area contributed by atoms with E-state index in [2.05, 4.69) is 20.9 Å². The molecule has 1 aliphatic carbocycles. The molecule has 10 heteroatoms. The van der Waals surface area contributed by atoms with Crippen molar-refractivity contribution in [2.24, 2.45) is 11.8 Å². The minimum Gasteiger partial charge on any atom is -0.467 e. The van der Waals surface area contributed by atoms with Gasteiger partial charge in [-0.1, -0.05) is 36.6 Å². The Hall–Kier alpha value is -3.07. The Morgan fingerprint density at radius 1 is 1.15 bits per heavy atom. The van der Waals surface area contributed by atoms with Crippen LogP contribution < -0.4 is 16.0 Å².